The summed E-state index contributed by atoms with van der Waals surface area (Å²) in [6.45, 7) is 2.95. The molecule has 0 saturated carbocycles. The van der Waals surface area contributed by atoms with Crippen LogP contribution in [-0.2, 0) is 16.6 Å². The summed E-state index contributed by atoms with van der Waals surface area (Å²) in [5.74, 6) is -1.52. The summed E-state index contributed by atoms with van der Waals surface area (Å²) in [6, 6.07) is 22.1. The van der Waals surface area contributed by atoms with E-state index < -0.39 is 27.0 Å². The molecule has 6 nitrogen and oxygen atoms in total. The zero-order chi connectivity index (χ0) is 22.7. The van der Waals surface area contributed by atoms with Gasteiger partial charge in [-0.15, -0.1) is 4.83 Å². The van der Waals surface area contributed by atoms with Crippen LogP contribution in [0.4, 0.5) is 4.39 Å². The molecule has 0 atom stereocenters. The fourth-order valence-corrected chi connectivity index (χ4v) is 4.91. The number of amides is 1. The molecule has 0 radical (unpaired) electrons. The molecule has 0 bridgehead atoms. The molecule has 3 aromatic carbocycles. The van der Waals surface area contributed by atoms with Crippen molar-refractivity contribution in [3.05, 3.63) is 95.3 Å². The van der Waals surface area contributed by atoms with Gasteiger partial charge in [0, 0.05) is 19.6 Å². The number of hydrazine groups is 1. The lowest BCUT2D eigenvalue weighted by atomic mass is 9.99. The smallest absolute Gasteiger partial charge is 0.269 e. The lowest BCUT2D eigenvalue weighted by Gasteiger charge is -2.38. The molecule has 3 aromatic rings. The predicted octanol–water partition coefficient (Wildman–Crippen LogP) is 3.25. The Morgan fingerprint density at radius 3 is 2.28 bits per heavy atom. The molecule has 1 aliphatic heterocycles. The summed E-state index contributed by atoms with van der Waals surface area (Å²) in [6.07, 6.45) is 0. The van der Waals surface area contributed by atoms with E-state index in [1.54, 1.807) is 13.0 Å². The number of carbonyl (C=O) groups is 1. The third-order valence-corrected chi connectivity index (χ3v) is 7.09. The second-order valence-corrected chi connectivity index (χ2v) is 9.88. The zero-order valence-corrected chi connectivity index (χ0v) is 18.4. The lowest BCUT2D eigenvalue weighted by Crippen LogP contribution is -2.59. The number of hydrogen-bond donors (Lipinski definition) is 2. The van der Waals surface area contributed by atoms with Crippen molar-refractivity contribution >= 4 is 15.9 Å². The maximum atomic E-state index is 14.6. The first-order valence-corrected chi connectivity index (χ1v) is 11.8. The Hall–Kier alpha value is -3.07. The Morgan fingerprint density at radius 1 is 1.00 bits per heavy atom. The molecule has 8 heteroatoms. The van der Waals surface area contributed by atoms with Gasteiger partial charge in [-0.1, -0.05) is 60.7 Å². The van der Waals surface area contributed by atoms with Crippen LogP contribution in [0.15, 0.2) is 72.8 Å². The molecule has 1 saturated heterocycles. The minimum absolute atomic E-state index is 0.217. The van der Waals surface area contributed by atoms with Gasteiger partial charge in [0.25, 0.3) is 5.91 Å². The van der Waals surface area contributed by atoms with Gasteiger partial charge in [-0.05, 0) is 41.3 Å². The summed E-state index contributed by atoms with van der Waals surface area (Å²) >= 11 is 0. The van der Waals surface area contributed by atoms with Gasteiger partial charge in [0.15, 0.2) is 0 Å². The highest BCUT2D eigenvalue weighted by Gasteiger charge is 2.37. The molecule has 2 N–H and O–H groups in total. The van der Waals surface area contributed by atoms with E-state index in [1.165, 1.54) is 6.07 Å². The first-order chi connectivity index (χ1) is 15.3. The summed E-state index contributed by atoms with van der Waals surface area (Å²) in [7, 11) is -3.78. The van der Waals surface area contributed by atoms with Gasteiger partial charge in [-0.25, -0.2) is 12.8 Å². The first-order valence-electron chi connectivity index (χ1n) is 10.3. The second kappa shape index (κ2) is 9.20. The third kappa shape index (κ3) is 4.88. The normalized spacial score (nSPS) is 14.7. The summed E-state index contributed by atoms with van der Waals surface area (Å²) < 4.78 is 39.7. The average Bonchev–Trinajstić information content (AvgIpc) is 2.77. The molecule has 0 aromatic heterocycles. The standard InChI is InChI=1S/C24H24FN3O3S/c1-17-12-20(19-10-6-3-7-11-19)13-22(23(17)25)24(29)26-27-32(30,31)21-15-28(16-21)14-18-8-4-2-5-9-18/h2-13,21,27H,14-16H2,1H3,(H,26,29). The molecule has 0 spiro atoms. The van der Waals surface area contributed by atoms with Gasteiger partial charge in [-0.2, -0.15) is 0 Å². The molecule has 0 aliphatic carbocycles. The fraction of sp³-hybridized carbons (Fsp3) is 0.208. The van der Waals surface area contributed by atoms with Gasteiger partial charge >= 0.3 is 0 Å². The summed E-state index contributed by atoms with van der Waals surface area (Å²) in [5, 5.41) is -0.645. The Labute approximate surface area is 187 Å². The van der Waals surface area contributed by atoms with E-state index in [0.717, 1.165) is 11.1 Å². The van der Waals surface area contributed by atoms with Crippen LogP contribution in [0.25, 0.3) is 11.1 Å². The molecule has 1 aliphatic rings. The van der Waals surface area contributed by atoms with Crippen LogP contribution in [0.3, 0.4) is 0 Å². The van der Waals surface area contributed by atoms with Gasteiger partial charge in [-0.3, -0.25) is 15.1 Å². The SMILES string of the molecule is Cc1cc(-c2ccccc2)cc(C(=O)NNS(=O)(=O)C2CN(Cc3ccccc3)C2)c1F. The largest absolute Gasteiger partial charge is 0.296 e. The number of benzene rings is 3. The van der Waals surface area contributed by atoms with Gasteiger partial charge in [0.2, 0.25) is 10.0 Å². The van der Waals surface area contributed by atoms with E-state index in [2.05, 4.69) is 10.3 Å². The second-order valence-electron chi connectivity index (χ2n) is 7.92. The monoisotopic (exact) mass is 453 g/mol. The van der Waals surface area contributed by atoms with Crippen molar-refractivity contribution in [2.24, 2.45) is 0 Å². The molecule has 1 heterocycles. The van der Waals surface area contributed by atoms with E-state index >= 15 is 0 Å². The predicted molar refractivity (Wildman–Crippen MR) is 122 cm³/mol. The van der Waals surface area contributed by atoms with E-state index in [9.17, 15) is 17.6 Å². The van der Waals surface area contributed by atoms with Crippen molar-refractivity contribution in [3.8, 4) is 11.1 Å². The Bertz CT molecular complexity index is 1210. The Morgan fingerprint density at radius 2 is 1.62 bits per heavy atom. The first kappa shape index (κ1) is 22.1. The van der Waals surface area contributed by atoms with Crippen molar-refractivity contribution in [1.82, 2.24) is 15.2 Å². The molecule has 32 heavy (non-hydrogen) atoms. The van der Waals surface area contributed by atoms with Gasteiger partial charge in [0.1, 0.15) is 11.1 Å². The number of aryl methyl sites for hydroxylation is 1. The number of halogens is 1. The third-order valence-electron chi connectivity index (χ3n) is 5.52. The van der Waals surface area contributed by atoms with E-state index in [4.69, 9.17) is 0 Å². The molecule has 166 valence electrons. The minimum Gasteiger partial charge on any atom is -0.296 e. The van der Waals surface area contributed by atoms with E-state index in [1.807, 2.05) is 65.6 Å². The molecule has 4 rings (SSSR count). The quantitative estimate of drug-likeness (QED) is 0.539. The molecule has 1 amide bonds. The van der Waals surface area contributed by atoms with Crippen LogP contribution >= 0.6 is 0 Å². The van der Waals surface area contributed by atoms with Crippen LogP contribution in [0, 0.1) is 12.7 Å². The Balaban J connectivity index is 1.39. The number of nitrogens with one attached hydrogen (secondary N) is 2. The molecule has 0 unspecified atom stereocenters. The zero-order valence-electron chi connectivity index (χ0n) is 17.6. The van der Waals surface area contributed by atoms with Gasteiger partial charge in [0.05, 0.1) is 5.56 Å². The highest BCUT2D eigenvalue weighted by atomic mass is 32.2. The number of sulfonamides is 1. The van der Waals surface area contributed by atoms with E-state index in [0.29, 0.717) is 30.8 Å². The summed E-state index contributed by atoms with van der Waals surface area (Å²) in [4.78, 5) is 16.7. The molecular formula is C24H24FN3O3S. The summed E-state index contributed by atoms with van der Waals surface area (Å²) in [5.41, 5.74) is 4.86. The fourth-order valence-electron chi connectivity index (χ4n) is 3.69. The van der Waals surface area contributed by atoms with Crippen LogP contribution in [0.1, 0.15) is 21.5 Å². The number of carbonyl (C=O) groups excluding carboxylic acids is 1. The van der Waals surface area contributed by atoms with Crippen molar-refractivity contribution in [2.45, 2.75) is 18.7 Å². The van der Waals surface area contributed by atoms with Crippen LogP contribution in [0.5, 0.6) is 0 Å². The molecule has 1 fully saturated rings. The highest BCUT2D eigenvalue weighted by Crippen LogP contribution is 2.25. The minimum atomic E-state index is -3.78. The van der Waals surface area contributed by atoms with Crippen LogP contribution in [0.2, 0.25) is 0 Å². The topological polar surface area (TPSA) is 78.5 Å². The van der Waals surface area contributed by atoms with Crippen molar-refractivity contribution in [1.29, 1.82) is 0 Å². The van der Waals surface area contributed by atoms with Crippen LogP contribution < -0.4 is 10.3 Å². The maximum absolute atomic E-state index is 14.6. The lowest BCUT2D eigenvalue weighted by molar-refractivity contribution is 0.0939. The number of nitrogens with zero attached hydrogens (tertiary/aromatic N) is 1. The number of likely N-dealkylation sites (tertiary alicyclic amines) is 1. The Kier molecular flexibility index (Phi) is 6.36. The maximum Gasteiger partial charge on any atom is 0.269 e. The average molecular weight is 454 g/mol. The van der Waals surface area contributed by atoms with Gasteiger partial charge < -0.3 is 0 Å². The van der Waals surface area contributed by atoms with Crippen molar-refractivity contribution in [3.63, 3.8) is 0 Å². The van der Waals surface area contributed by atoms with Crippen molar-refractivity contribution < 1.29 is 17.6 Å². The number of rotatable bonds is 7. The van der Waals surface area contributed by atoms with Crippen molar-refractivity contribution in [2.75, 3.05) is 13.1 Å². The molecular weight excluding hydrogens is 429 g/mol. The number of hydrogen-bond acceptors (Lipinski definition) is 4. The van der Waals surface area contributed by atoms with Crippen LogP contribution in [-0.4, -0.2) is 37.6 Å². The highest BCUT2D eigenvalue weighted by molar-refractivity contribution is 7.90. The van der Waals surface area contributed by atoms with E-state index in [-0.39, 0.29) is 5.56 Å².